The van der Waals surface area contributed by atoms with Crippen LogP contribution in [0.25, 0.3) is 0 Å². The second kappa shape index (κ2) is 7.35. The minimum absolute atomic E-state index is 0.107. The minimum Gasteiger partial charge on any atom is -0.481 e. The highest BCUT2D eigenvalue weighted by atomic mass is 19.4. The van der Waals surface area contributed by atoms with Gasteiger partial charge in [0.05, 0.1) is 5.41 Å². The fraction of sp³-hybridized carbons (Fsp3) is 0.833. The van der Waals surface area contributed by atoms with Gasteiger partial charge in [0.25, 0.3) is 0 Å². The lowest BCUT2D eigenvalue weighted by Gasteiger charge is -2.29. The SMILES string of the molecule is CCN(CC(F)(F)F)C(=O)NCC(CC)(CC)C(=O)O. The van der Waals surface area contributed by atoms with Crippen molar-refractivity contribution in [2.75, 3.05) is 19.6 Å². The van der Waals surface area contributed by atoms with E-state index in [1.807, 2.05) is 0 Å². The highest BCUT2D eigenvalue weighted by Gasteiger charge is 2.37. The molecule has 2 N–H and O–H groups in total. The number of urea groups is 1. The largest absolute Gasteiger partial charge is 0.481 e. The molecular weight excluding hydrogens is 277 g/mol. The lowest BCUT2D eigenvalue weighted by Crippen LogP contribution is -2.49. The van der Waals surface area contributed by atoms with Crippen LogP contribution in [0.15, 0.2) is 0 Å². The van der Waals surface area contributed by atoms with Crippen LogP contribution in [0.2, 0.25) is 0 Å². The zero-order valence-electron chi connectivity index (χ0n) is 11.9. The van der Waals surface area contributed by atoms with Gasteiger partial charge < -0.3 is 15.3 Å². The summed E-state index contributed by atoms with van der Waals surface area (Å²) in [4.78, 5) is 23.5. The van der Waals surface area contributed by atoms with Crippen molar-refractivity contribution in [2.45, 2.75) is 39.8 Å². The third-order valence-corrected chi connectivity index (χ3v) is 3.42. The van der Waals surface area contributed by atoms with Crippen molar-refractivity contribution in [1.29, 1.82) is 0 Å². The van der Waals surface area contributed by atoms with Gasteiger partial charge in [-0.15, -0.1) is 0 Å². The monoisotopic (exact) mass is 298 g/mol. The molecule has 0 radical (unpaired) electrons. The second-order valence-electron chi connectivity index (χ2n) is 4.58. The summed E-state index contributed by atoms with van der Waals surface area (Å²) in [7, 11) is 0. The zero-order valence-corrected chi connectivity index (χ0v) is 11.9. The van der Waals surface area contributed by atoms with Crippen molar-refractivity contribution in [3.8, 4) is 0 Å². The molecule has 2 amide bonds. The lowest BCUT2D eigenvalue weighted by atomic mass is 9.82. The van der Waals surface area contributed by atoms with Crippen molar-refractivity contribution in [2.24, 2.45) is 5.41 Å². The van der Waals surface area contributed by atoms with Gasteiger partial charge in [-0.3, -0.25) is 4.79 Å². The van der Waals surface area contributed by atoms with E-state index in [-0.39, 0.29) is 25.9 Å². The smallest absolute Gasteiger partial charge is 0.406 e. The van der Waals surface area contributed by atoms with Gasteiger partial charge in [0.1, 0.15) is 6.54 Å². The number of carbonyl (C=O) groups is 2. The molecule has 0 aliphatic heterocycles. The van der Waals surface area contributed by atoms with Crippen LogP contribution in [0, 0.1) is 5.41 Å². The maximum atomic E-state index is 12.3. The number of nitrogens with one attached hydrogen (secondary N) is 1. The van der Waals surface area contributed by atoms with Gasteiger partial charge in [-0.05, 0) is 19.8 Å². The van der Waals surface area contributed by atoms with E-state index < -0.39 is 30.1 Å². The molecule has 5 nitrogen and oxygen atoms in total. The molecule has 0 heterocycles. The standard InChI is InChI=1S/C12H21F3N2O3/c1-4-11(5-2,9(18)19)7-16-10(20)17(6-3)8-12(13,14)15/h4-8H2,1-3H3,(H,16,20)(H,18,19). The number of halogens is 3. The van der Waals surface area contributed by atoms with Gasteiger partial charge in [-0.2, -0.15) is 13.2 Å². The molecule has 8 heteroatoms. The fourth-order valence-electron chi connectivity index (χ4n) is 1.78. The van der Waals surface area contributed by atoms with Crippen molar-refractivity contribution < 1.29 is 27.9 Å². The number of hydrogen-bond donors (Lipinski definition) is 2. The normalized spacial score (nSPS) is 12.1. The Kier molecular flexibility index (Phi) is 6.81. The lowest BCUT2D eigenvalue weighted by molar-refractivity contribution is -0.149. The van der Waals surface area contributed by atoms with Crippen LogP contribution < -0.4 is 5.32 Å². The third kappa shape index (κ3) is 5.26. The van der Waals surface area contributed by atoms with Crippen LogP contribution in [0.1, 0.15) is 33.6 Å². The minimum atomic E-state index is -4.48. The van der Waals surface area contributed by atoms with Crippen molar-refractivity contribution in [3.05, 3.63) is 0 Å². The van der Waals surface area contributed by atoms with E-state index in [1.165, 1.54) is 6.92 Å². The molecule has 0 aromatic rings. The number of carbonyl (C=O) groups excluding carboxylic acids is 1. The summed E-state index contributed by atoms with van der Waals surface area (Å²) >= 11 is 0. The van der Waals surface area contributed by atoms with E-state index in [0.717, 1.165) is 0 Å². The first-order valence-corrected chi connectivity index (χ1v) is 6.44. The highest BCUT2D eigenvalue weighted by Crippen LogP contribution is 2.25. The molecule has 0 saturated carbocycles. The van der Waals surface area contributed by atoms with Gasteiger partial charge in [-0.25, -0.2) is 4.79 Å². The summed E-state index contributed by atoms with van der Waals surface area (Å²) in [6, 6.07) is -0.905. The molecule has 0 bridgehead atoms. The molecule has 0 aromatic carbocycles. The first-order chi connectivity index (χ1) is 9.11. The number of nitrogens with zero attached hydrogens (tertiary/aromatic N) is 1. The van der Waals surface area contributed by atoms with Crippen molar-refractivity contribution in [1.82, 2.24) is 10.2 Å². The number of hydrogen-bond acceptors (Lipinski definition) is 2. The van der Waals surface area contributed by atoms with Gasteiger partial charge in [0.2, 0.25) is 0 Å². The third-order valence-electron chi connectivity index (χ3n) is 3.42. The number of aliphatic carboxylic acids is 1. The molecule has 0 saturated heterocycles. The molecular formula is C12H21F3N2O3. The Morgan fingerprint density at radius 3 is 1.95 bits per heavy atom. The number of rotatable bonds is 7. The predicted molar refractivity (Wildman–Crippen MR) is 67.4 cm³/mol. The first kappa shape index (κ1) is 18.5. The van der Waals surface area contributed by atoms with Crippen LogP contribution in [0.5, 0.6) is 0 Å². The van der Waals surface area contributed by atoms with Gasteiger partial charge in [-0.1, -0.05) is 13.8 Å². The molecule has 0 fully saturated rings. The summed E-state index contributed by atoms with van der Waals surface area (Å²) in [6.07, 6.45) is -3.91. The molecule has 0 unspecified atom stereocenters. The van der Waals surface area contributed by atoms with Crippen LogP contribution >= 0.6 is 0 Å². The van der Waals surface area contributed by atoms with Crippen LogP contribution in [0.4, 0.5) is 18.0 Å². The van der Waals surface area contributed by atoms with E-state index in [9.17, 15) is 27.9 Å². The van der Waals surface area contributed by atoms with Crippen LogP contribution in [-0.2, 0) is 4.79 Å². The molecule has 0 aliphatic rings. The van der Waals surface area contributed by atoms with E-state index in [1.54, 1.807) is 13.8 Å². The summed E-state index contributed by atoms with van der Waals surface area (Å²) in [5.41, 5.74) is -1.15. The van der Waals surface area contributed by atoms with Crippen molar-refractivity contribution >= 4 is 12.0 Å². The fourth-order valence-corrected chi connectivity index (χ4v) is 1.78. The quantitative estimate of drug-likeness (QED) is 0.758. The summed E-state index contributed by atoms with van der Waals surface area (Å²) < 4.78 is 36.8. The molecule has 0 aliphatic carbocycles. The first-order valence-electron chi connectivity index (χ1n) is 6.44. The Balaban J connectivity index is 4.70. The zero-order chi connectivity index (χ0) is 16.0. The number of carboxylic acids is 1. The highest BCUT2D eigenvalue weighted by molar-refractivity contribution is 5.78. The van der Waals surface area contributed by atoms with E-state index in [2.05, 4.69) is 5.32 Å². The maximum absolute atomic E-state index is 12.3. The molecule has 118 valence electrons. The van der Waals surface area contributed by atoms with E-state index in [0.29, 0.717) is 4.90 Å². The van der Waals surface area contributed by atoms with Gasteiger partial charge >= 0.3 is 18.2 Å². The second-order valence-corrected chi connectivity index (χ2v) is 4.58. The van der Waals surface area contributed by atoms with Crippen LogP contribution in [0.3, 0.4) is 0 Å². The molecule has 20 heavy (non-hydrogen) atoms. The average Bonchev–Trinajstić information content (AvgIpc) is 2.36. The number of alkyl halides is 3. The molecule has 0 rings (SSSR count). The number of carboxylic acid groups (broad SMARTS) is 1. The summed E-state index contributed by atoms with van der Waals surface area (Å²) in [6.45, 7) is 3.10. The van der Waals surface area contributed by atoms with Crippen molar-refractivity contribution in [3.63, 3.8) is 0 Å². The Hall–Kier alpha value is -1.47. The molecule has 0 spiro atoms. The molecule has 0 atom stereocenters. The average molecular weight is 298 g/mol. The maximum Gasteiger partial charge on any atom is 0.406 e. The van der Waals surface area contributed by atoms with E-state index >= 15 is 0 Å². The molecule has 0 aromatic heterocycles. The summed E-state index contributed by atoms with van der Waals surface area (Å²) in [5, 5.41) is 11.5. The summed E-state index contributed by atoms with van der Waals surface area (Å²) in [5.74, 6) is -1.07. The number of amides is 2. The Morgan fingerprint density at radius 2 is 1.65 bits per heavy atom. The van der Waals surface area contributed by atoms with Gasteiger partial charge in [0, 0.05) is 13.1 Å². The van der Waals surface area contributed by atoms with Crippen LogP contribution in [-0.4, -0.2) is 47.8 Å². The Bertz CT molecular complexity index is 341. The predicted octanol–water partition coefficient (Wildman–Crippen LogP) is 2.47. The van der Waals surface area contributed by atoms with Gasteiger partial charge in [0.15, 0.2) is 0 Å². The van der Waals surface area contributed by atoms with E-state index in [4.69, 9.17) is 0 Å². The Morgan fingerprint density at radius 1 is 1.15 bits per heavy atom. The topological polar surface area (TPSA) is 69.6 Å². The Labute approximate surface area is 116 Å².